The molecule has 0 aromatic carbocycles. The van der Waals surface area contributed by atoms with E-state index in [0.29, 0.717) is 0 Å². The maximum atomic E-state index is 5.51. The Labute approximate surface area is 57.1 Å². The molecule has 3 N–H and O–H groups in total. The molecule has 0 unspecified atom stereocenters. The number of nitrogens with two attached hydrogens (primary N) is 1. The summed E-state index contributed by atoms with van der Waals surface area (Å²) in [5.74, 6) is 0. The first kappa shape index (κ1) is 8.34. The average molecular weight is 128 g/mol. The Morgan fingerprint density at radius 2 is 2.22 bits per heavy atom. The van der Waals surface area contributed by atoms with Gasteiger partial charge in [0.1, 0.15) is 0 Å². The van der Waals surface area contributed by atoms with Crippen LogP contribution in [0.5, 0.6) is 0 Å². The van der Waals surface area contributed by atoms with Crippen LogP contribution in [0, 0.1) is 0 Å². The van der Waals surface area contributed by atoms with Gasteiger partial charge in [0.25, 0.3) is 0 Å². The van der Waals surface area contributed by atoms with Crippen molar-refractivity contribution in [1.82, 2.24) is 5.32 Å². The van der Waals surface area contributed by atoms with Crippen molar-refractivity contribution in [3.05, 3.63) is 11.9 Å². The summed E-state index contributed by atoms with van der Waals surface area (Å²) in [5, 5.41) is 3.10. The average Bonchev–Trinajstić information content (AvgIpc) is 1.89. The van der Waals surface area contributed by atoms with Gasteiger partial charge in [0.2, 0.25) is 0 Å². The van der Waals surface area contributed by atoms with Gasteiger partial charge in [-0.1, -0.05) is 13.8 Å². The predicted octanol–water partition coefficient (Wildman–Crippen LogP) is 1.20. The third kappa shape index (κ3) is 5.21. The molecule has 0 aromatic heterocycles. The Morgan fingerprint density at radius 1 is 1.56 bits per heavy atom. The highest BCUT2D eigenvalue weighted by Crippen LogP contribution is 1.85. The van der Waals surface area contributed by atoms with Gasteiger partial charge in [0.05, 0.1) is 0 Å². The highest BCUT2D eigenvalue weighted by atomic mass is 14.8. The van der Waals surface area contributed by atoms with E-state index >= 15 is 0 Å². The van der Waals surface area contributed by atoms with Crippen molar-refractivity contribution in [3.63, 3.8) is 0 Å². The molecule has 0 aromatic rings. The Kier molecular flexibility index (Phi) is 5.07. The molecule has 9 heavy (non-hydrogen) atoms. The van der Waals surface area contributed by atoms with Gasteiger partial charge < -0.3 is 11.1 Å². The number of hydrogen-bond donors (Lipinski definition) is 2. The zero-order valence-corrected chi connectivity index (χ0v) is 6.28. The Morgan fingerprint density at radius 3 is 2.67 bits per heavy atom. The molecule has 0 fully saturated rings. The van der Waals surface area contributed by atoms with Crippen LogP contribution in [0.2, 0.25) is 0 Å². The highest BCUT2D eigenvalue weighted by Gasteiger charge is 1.80. The van der Waals surface area contributed by atoms with Crippen molar-refractivity contribution in [3.8, 4) is 0 Å². The quantitative estimate of drug-likeness (QED) is 0.558. The molecule has 0 radical (unpaired) electrons. The third-order valence-corrected chi connectivity index (χ3v) is 1.09. The number of nitrogens with one attached hydrogen (secondary N) is 1. The number of allylic oxidation sites excluding steroid dienone is 1. The zero-order chi connectivity index (χ0) is 7.11. The van der Waals surface area contributed by atoms with Gasteiger partial charge in [-0.3, -0.25) is 0 Å². The molecule has 0 amide bonds. The molecule has 54 valence electrons. The minimum atomic E-state index is 0.920. The summed E-state index contributed by atoms with van der Waals surface area (Å²) < 4.78 is 0. The lowest BCUT2D eigenvalue weighted by atomic mass is 10.4. The summed E-state index contributed by atoms with van der Waals surface area (Å²) in [6, 6.07) is 0. The van der Waals surface area contributed by atoms with Gasteiger partial charge in [0, 0.05) is 18.4 Å². The zero-order valence-electron chi connectivity index (χ0n) is 6.28. The summed E-state index contributed by atoms with van der Waals surface area (Å²) in [7, 11) is 0. The lowest BCUT2D eigenvalue weighted by Gasteiger charge is -1.97. The minimum absolute atomic E-state index is 0.920. The first-order chi connectivity index (χ1) is 4.31. The van der Waals surface area contributed by atoms with Gasteiger partial charge in [0.15, 0.2) is 0 Å². The van der Waals surface area contributed by atoms with E-state index in [-0.39, 0.29) is 0 Å². The van der Waals surface area contributed by atoms with Gasteiger partial charge in [-0.05, 0) is 12.8 Å². The van der Waals surface area contributed by atoms with E-state index in [2.05, 4.69) is 12.2 Å². The standard InChI is InChI=1S/C7H16N2/c1-3-5-9-6-7(8)4-2/h6,9H,3-5,8H2,1-2H3/b7-6-. The van der Waals surface area contributed by atoms with Crippen LogP contribution >= 0.6 is 0 Å². The Bertz CT molecular complexity index is 86.9. The van der Waals surface area contributed by atoms with Gasteiger partial charge >= 0.3 is 0 Å². The van der Waals surface area contributed by atoms with Crippen molar-refractivity contribution in [2.24, 2.45) is 5.73 Å². The smallest absolute Gasteiger partial charge is 0.0237 e. The van der Waals surface area contributed by atoms with E-state index in [0.717, 1.165) is 25.1 Å². The fourth-order valence-electron chi connectivity index (χ4n) is 0.450. The van der Waals surface area contributed by atoms with E-state index in [1.54, 1.807) is 0 Å². The van der Waals surface area contributed by atoms with Crippen LogP contribution in [0.15, 0.2) is 11.9 Å². The molecule has 2 heteroatoms. The predicted molar refractivity (Wildman–Crippen MR) is 40.9 cm³/mol. The summed E-state index contributed by atoms with van der Waals surface area (Å²) in [6.07, 6.45) is 3.95. The second-order valence-electron chi connectivity index (χ2n) is 2.03. The number of hydrogen-bond acceptors (Lipinski definition) is 2. The molecule has 0 saturated carbocycles. The monoisotopic (exact) mass is 128 g/mol. The summed E-state index contributed by atoms with van der Waals surface area (Å²) in [6.45, 7) is 5.18. The van der Waals surface area contributed by atoms with Crippen LogP contribution in [0.25, 0.3) is 0 Å². The van der Waals surface area contributed by atoms with Crippen molar-refractivity contribution in [2.45, 2.75) is 26.7 Å². The lowest BCUT2D eigenvalue weighted by molar-refractivity contribution is 0.797. The maximum absolute atomic E-state index is 5.51. The summed E-state index contributed by atoms with van der Waals surface area (Å²) in [5.41, 5.74) is 6.43. The molecule has 0 aliphatic heterocycles. The fraction of sp³-hybridized carbons (Fsp3) is 0.714. The molecule has 0 heterocycles. The van der Waals surface area contributed by atoms with Crippen molar-refractivity contribution >= 4 is 0 Å². The molecule has 0 aliphatic rings. The van der Waals surface area contributed by atoms with Crippen molar-refractivity contribution in [2.75, 3.05) is 6.54 Å². The molecule has 0 aliphatic carbocycles. The van der Waals surface area contributed by atoms with Crippen LogP contribution in [-0.2, 0) is 0 Å². The summed E-state index contributed by atoms with van der Waals surface area (Å²) in [4.78, 5) is 0. The van der Waals surface area contributed by atoms with Crippen LogP contribution < -0.4 is 11.1 Å². The van der Waals surface area contributed by atoms with Crippen LogP contribution in [-0.4, -0.2) is 6.54 Å². The van der Waals surface area contributed by atoms with E-state index in [1.807, 2.05) is 13.1 Å². The van der Waals surface area contributed by atoms with Crippen molar-refractivity contribution in [1.29, 1.82) is 0 Å². The van der Waals surface area contributed by atoms with E-state index in [1.165, 1.54) is 0 Å². The van der Waals surface area contributed by atoms with Crippen LogP contribution in [0.3, 0.4) is 0 Å². The second-order valence-corrected chi connectivity index (χ2v) is 2.03. The van der Waals surface area contributed by atoms with Gasteiger partial charge in [-0.15, -0.1) is 0 Å². The topological polar surface area (TPSA) is 38.0 Å². The first-order valence-electron chi connectivity index (χ1n) is 3.49. The Balaban J connectivity index is 3.21. The van der Waals surface area contributed by atoms with Crippen LogP contribution in [0.4, 0.5) is 0 Å². The Hall–Kier alpha value is -0.660. The number of rotatable bonds is 4. The van der Waals surface area contributed by atoms with Crippen molar-refractivity contribution < 1.29 is 0 Å². The fourth-order valence-corrected chi connectivity index (χ4v) is 0.450. The largest absolute Gasteiger partial charge is 0.401 e. The molecular weight excluding hydrogens is 112 g/mol. The second kappa shape index (κ2) is 5.48. The molecule has 2 nitrogen and oxygen atoms in total. The molecule has 0 spiro atoms. The minimum Gasteiger partial charge on any atom is -0.401 e. The third-order valence-electron chi connectivity index (χ3n) is 1.09. The van der Waals surface area contributed by atoms with Gasteiger partial charge in [-0.2, -0.15) is 0 Å². The molecular formula is C7H16N2. The maximum Gasteiger partial charge on any atom is 0.0237 e. The first-order valence-corrected chi connectivity index (χ1v) is 3.49. The molecule has 0 saturated heterocycles. The van der Waals surface area contributed by atoms with Gasteiger partial charge in [-0.25, -0.2) is 0 Å². The normalized spacial score (nSPS) is 11.6. The summed E-state index contributed by atoms with van der Waals surface area (Å²) >= 11 is 0. The molecule has 0 bridgehead atoms. The molecule has 0 atom stereocenters. The molecule has 0 rings (SSSR count). The van der Waals surface area contributed by atoms with E-state index in [9.17, 15) is 0 Å². The van der Waals surface area contributed by atoms with E-state index in [4.69, 9.17) is 5.73 Å². The van der Waals surface area contributed by atoms with Crippen LogP contribution in [0.1, 0.15) is 26.7 Å². The highest BCUT2D eigenvalue weighted by molar-refractivity contribution is 4.92. The van der Waals surface area contributed by atoms with E-state index < -0.39 is 0 Å². The lowest BCUT2D eigenvalue weighted by Crippen LogP contribution is -2.09. The SMILES string of the molecule is CCCN/C=C(\N)CC.